The Morgan fingerprint density at radius 3 is 2.63 bits per heavy atom. The van der Waals surface area contributed by atoms with Gasteiger partial charge in [-0.3, -0.25) is 4.79 Å². The summed E-state index contributed by atoms with van der Waals surface area (Å²) in [4.78, 5) is 15.2. The average molecular weight is 359 g/mol. The predicted octanol–water partition coefficient (Wildman–Crippen LogP) is 3.23. The molecule has 1 atom stereocenters. The lowest BCUT2D eigenvalue weighted by molar-refractivity contribution is 0.1000. The Kier molecular flexibility index (Phi) is 4.85. The maximum absolute atomic E-state index is 11.1. The van der Waals surface area contributed by atoms with Crippen LogP contribution >= 0.6 is 0 Å². The molecule has 0 saturated carbocycles. The van der Waals surface area contributed by atoms with E-state index in [9.17, 15) is 4.79 Å². The van der Waals surface area contributed by atoms with Gasteiger partial charge in [-0.05, 0) is 47.7 Å². The van der Waals surface area contributed by atoms with Gasteiger partial charge < -0.3 is 15.8 Å². The number of nitrogens with two attached hydrogens (primary N) is 1. The molecule has 3 aromatic rings. The Bertz CT molecular complexity index is 940. The molecule has 0 bridgehead atoms. The van der Waals surface area contributed by atoms with Crippen molar-refractivity contribution in [3.05, 3.63) is 89.1 Å². The molecule has 5 heteroatoms. The van der Waals surface area contributed by atoms with Crippen molar-refractivity contribution in [2.45, 2.75) is 25.4 Å². The maximum Gasteiger partial charge on any atom is 0.250 e. The molecule has 27 heavy (non-hydrogen) atoms. The Morgan fingerprint density at radius 2 is 1.89 bits per heavy atom. The molecule has 1 aromatic heterocycles. The van der Waals surface area contributed by atoms with Crippen molar-refractivity contribution in [3.8, 4) is 11.6 Å². The summed E-state index contributed by atoms with van der Waals surface area (Å²) in [5, 5.41) is 3.63. The van der Waals surface area contributed by atoms with Crippen molar-refractivity contribution >= 4 is 5.91 Å². The zero-order valence-electron chi connectivity index (χ0n) is 14.9. The minimum atomic E-state index is -0.499. The predicted molar refractivity (Wildman–Crippen MR) is 104 cm³/mol. The van der Waals surface area contributed by atoms with E-state index in [1.165, 1.54) is 22.9 Å². The van der Waals surface area contributed by atoms with Crippen molar-refractivity contribution in [2.24, 2.45) is 5.73 Å². The summed E-state index contributed by atoms with van der Waals surface area (Å²) in [6.07, 6.45) is 3.43. The molecule has 1 aliphatic rings. The molecule has 4 rings (SSSR count). The van der Waals surface area contributed by atoms with Gasteiger partial charge in [0.05, 0.1) is 5.56 Å². The van der Waals surface area contributed by atoms with Crippen LogP contribution in [0.15, 0.2) is 66.9 Å². The third-order valence-electron chi connectivity index (χ3n) is 4.79. The first-order chi connectivity index (χ1) is 13.2. The summed E-state index contributed by atoms with van der Waals surface area (Å²) < 4.78 is 5.82. The van der Waals surface area contributed by atoms with Crippen LogP contribution in [0.25, 0.3) is 0 Å². The molecule has 5 nitrogen and oxygen atoms in total. The number of benzene rings is 2. The van der Waals surface area contributed by atoms with Crippen LogP contribution in [0.4, 0.5) is 0 Å². The number of hydrogen-bond donors (Lipinski definition) is 2. The van der Waals surface area contributed by atoms with E-state index in [0.717, 1.165) is 25.1 Å². The van der Waals surface area contributed by atoms with E-state index >= 15 is 0 Å². The summed E-state index contributed by atoms with van der Waals surface area (Å²) in [5.41, 5.74) is 9.54. The van der Waals surface area contributed by atoms with Gasteiger partial charge in [0.1, 0.15) is 5.75 Å². The van der Waals surface area contributed by atoms with E-state index in [1.807, 2.05) is 12.1 Å². The molecule has 1 unspecified atom stereocenters. The van der Waals surface area contributed by atoms with Crippen molar-refractivity contribution < 1.29 is 9.53 Å². The van der Waals surface area contributed by atoms with Gasteiger partial charge in [-0.1, -0.05) is 36.4 Å². The monoisotopic (exact) mass is 359 g/mol. The topological polar surface area (TPSA) is 77.2 Å². The molecule has 0 aliphatic heterocycles. The number of fused-ring (bicyclic) bond motifs is 1. The Morgan fingerprint density at radius 1 is 1.07 bits per heavy atom. The highest BCUT2D eigenvalue weighted by molar-refractivity contribution is 5.92. The highest BCUT2D eigenvalue weighted by Crippen LogP contribution is 2.28. The second-order valence-electron chi connectivity index (χ2n) is 6.75. The number of aromatic nitrogens is 1. The van der Waals surface area contributed by atoms with Gasteiger partial charge in [0, 0.05) is 24.8 Å². The number of primary amides is 1. The van der Waals surface area contributed by atoms with Crippen LogP contribution in [0.3, 0.4) is 0 Å². The van der Waals surface area contributed by atoms with Gasteiger partial charge in [0.15, 0.2) is 0 Å². The SMILES string of the molecule is NC(=O)c1ccc(Oc2ccc3c(c2)CC(NCc2ccccc2)C3)nc1. The van der Waals surface area contributed by atoms with Crippen LogP contribution in [0, 0.1) is 0 Å². The molecule has 0 radical (unpaired) electrons. The molecule has 1 aliphatic carbocycles. The van der Waals surface area contributed by atoms with Crippen LogP contribution in [-0.4, -0.2) is 16.9 Å². The van der Waals surface area contributed by atoms with Crippen LogP contribution in [-0.2, 0) is 19.4 Å². The number of nitrogens with one attached hydrogen (secondary N) is 1. The van der Waals surface area contributed by atoms with Gasteiger partial charge in [-0.25, -0.2) is 4.98 Å². The van der Waals surface area contributed by atoms with Crippen molar-refractivity contribution in [1.29, 1.82) is 0 Å². The number of hydrogen-bond acceptors (Lipinski definition) is 4. The summed E-state index contributed by atoms with van der Waals surface area (Å²) in [6, 6.07) is 20.3. The molecule has 0 spiro atoms. The smallest absolute Gasteiger partial charge is 0.250 e. The zero-order chi connectivity index (χ0) is 18.6. The second kappa shape index (κ2) is 7.60. The van der Waals surface area contributed by atoms with Crippen molar-refractivity contribution in [1.82, 2.24) is 10.3 Å². The molecule has 1 heterocycles. The summed E-state index contributed by atoms with van der Waals surface area (Å²) >= 11 is 0. The van der Waals surface area contributed by atoms with Gasteiger partial charge in [-0.2, -0.15) is 0 Å². The fourth-order valence-electron chi connectivity index (χ4n) is 3.37. The second-order valence-corrected chi connectivity index (χ2v) is 6.75. The first kappa shape index (κ1) is 17.2. The minimum Gasteiger partial charge on any atom is -0.439 e. The lowest BCUT2D eigenvalue weighted by atomic mass is 10.1. The van der Waals surface area contributed by atoms with Gasteiger partial charge in [0.25, 0.3) is 0 Å². The highest BCUT2D eigenvalue weighted by atomic mass is 16.5. The van der Waals surface area contributed by atoms with E-state index in [0.29, 0.717) is 17.5 Å². The maximum atomic E-state index is 11.1. The Hall–Kier alpha value is -3.18. The van der Waals surface area contributed by atoms with E-state index in [2.05, 4.69) is 46.7 Å². The molecule has 136 valence electrons. The number of carbonyl (C=O) groups is 1. The quantitative estimate of drug-likeness (QED) is 0.708. The average Bonchev–Trinajstić information content (AvgIpc) is 3.10. The molecular formula is C22H21N3O2. The normalized spacial score (nSPS) is 15.3. The number of ether oxygens (including phenoxy) is 1. The highest BCUT2D eigenvalue weighted by Gasteiger charge is 2.21. The Labute approximate surface area is 158 Å². The number of pyridine rings is 1. The molecule has 0 fully saturated rings. The molecular weight excluding hydrogens is 338 g/mol. The van der Waals surface area contributed by atoms with Crippen LogP contribution in [0.2, 0.25) is 0 Å². The zero-order valence-corrected chi connectivity index (χ0v) is 14.9. The number of carbonyl (C=O) groups excluding carboxylic acids is 1. The number of amides is 1. The van der Waals surface area contributed by atoms with Crippen molar-refractivity contribution in [2.75, 3.05) is 0 Å². The summed E-state index contributed by atoms with van der Waals surface area (Å²) in [5.74, 6) is 0.689. The number of rotatable bonds is 6. The summed E-state index contributed by atoms with van der Waals surface area (Å²) in [6.45, 7) is 0.874. The third kappa shape index (κ3) is 4.15. The van der Waals surface area contributed by atoms with Crippen molar-refractivity contribution in [3.63, 3.8) is 0 Å². The van der Waals surface area contributed by atoms with E-state index in [-0.39, 0.29) is 0 Å². The lowest BCUT2D eigenvalue weighted by Crippen LogP contribution is -2.28. The first-order valence-corrected chi connectivity index (χ1v) is 9.00. The first-order valence-electron chi connectivity index (χ1n) is 9.00. The van der Waals surface area contributed by atoms with Crippen LogP contribution in [0.1, 0.15) is 27.0 Å². The van der Waals surface area contributed by atoms with E-state index in [1.54, 1.807) is 12.1 Å². The Balaban J connectivity index is 1.38. The van der Waals surface area contributed by atoms with E-state index < -0.39 is 5.91 Å². The lowest BCUT2D eigenvalue weighted by Gasteiger charge is -2.11. The van der Waals surface area contributed by atoms with E-state index in [4.69, 9.17) is 10.5 Å². The molecule has 1 amide bonds. The summed E-state index contributed by atoms with van der Waals surface area (Å²) in [7, 11) is 0. The molecule has 2 aromatic carbocycles. The fourth-order valence-corrected chi connectivity index (χ4v) is 3.37. The standard InChI is InChI=1S/C22H21N3O2/c23-22(26)17-7-9-21(25-14-17)27-20-8-6-16-10-19(11-18(16)12-20)24-13-15-4-2-1-3-5-15/h1-9,12,14,19,24H,10-11,13H2,(H2,23,26). The molecule has 0 saturated heterocycles. The van der Waals surface area contributed by atoms with Crippen LogP contribution in [0.5, 0.6) is 11.6 Å². The van der Waals surface area contributed by atoms with Crippen LogP contribution < -0.4 is 15.8 Å². The third-order valence-corrected chi connectivity index (χ3v) is 4.79. The van der Waals surface area contributed by atoms with Gasteiger partial charge in [0.2, 0.25) is 11.8 Å². The van der Waals surface area contributed by atoms with Gasteiger partial charge in [-0.15, -0.1) is 0 Å². The minimum absolute atomic E-state index is 0.364. The molecule has 3 N–H and O–H groups in total. The van der Waals surface area contributed by atoms with Gasteiger partial charge >= 0.3 is 0 Å². The fraction of sp³-hybridized carbons (Fsp3) is 0.182. The number of nitrogens with zero attached hydrogens (tertiary/aromatic N) is 1. The largest absolute Gasteiger partial charge is 0.439 e.